The average Bonchev–Trinajstić information content (AvgIpc) is 2.95. The summed E-state index contributed by atoms with van der Waals surface area (Å²) in [6.07, 6.45) is 4.58. The summed E-state index contributed by atoms with van der Waals surface area (Å²) < 4.78 is 5.11. The predicted octanol–water partition coefficient (Wildman–Crippen LogP) is 4.26. The lowest BCUT2D eigenvalue weighted by atomic mass is 10.2. The molecule has 5 nitrogen and oxygen atoms in total. The van der Waals surface area contributed by atoms with Gasteiger partial charge in [0.25, 0.3) is 0 Å². The maximum atomic E-state index is 11.6. The maximum absolute atomic E-state index is 11.6. The fraction of sp³-hybridized carbons (Fsp3) is 0.438. The van der Waals surface area contributed by atoms with E-state index in [0.29, 0.717) is 18.2 Å². The molecular formula is C16H21N3O2S. The number of amides is 1. The van der Waals surface area contributed by atoms with E-state index in [1.807, 2.05) is 30.3 Å². The Labute approximate surface area is 134 Å². The summed E-state index contributed by atoms with van der Waals surface area (Å²) in [4.78, 5) is 11.6. The number of nitrogens with one attached hydrogen (secondary N) is 1. The highest BCUT2D eigenvalue weighted by molar-refractivity contribution is 7.15. The van der Waals surface area contributed by atoms with E-state index in [1.54, 1.807) is 0 Å². The first-order chi connectivity index (χ1) is 10.8. The van der Waals surface area contributed by atoms with Gasteiger partial charge in [-0.3, -0.25) is 5.32 Å². The molecule has 2 rings (SSSR count). The summed E-state index contributed by atoms with van der Waals surface area (Å²) in [6.45, 7) is 2.59. The van der Waals surface area contributed by atoms with Crippen molar-refractivity contribution >= 4 is 22.6 Å². The van der Waals surface area contributed by atoms with Crippen LogP contribution in [0.2, 0.25) is 0 Å². The van der Waals surface area contributed by atoms with Gasteiger partial charge in [-0.25, -0.2) is 4.79 Å². The minimum Gasteiger partial charge on any atom is -0.449 e. The molecule has 1 heterocycles. The van der Waals surface area contributed by atoms with Gasteiger partial charge >= 0.3 is 6.09 Å². The van der Waals surface area contributed by atoms with Crippen LogP contribution in [0.4, 0.5) is 9.93 Å². The molecule has 0 saturated carbocycles. The maximum Gasteiger partial charge on any atom is 0.413 e. The van der Waals surface area contributed by atoms with Crippen molar-refractivity contribution in [1.29, 1.82) is 0 Å². The fourth-order valence-corrected chi connectivity index (χ4v) is 2.72. The molecule has 0 aliphatic rings. The Bertz CT molecular complexity index is 572. The third-order valence-electron chi connectivity index (χ3n) is 3.11. The Balaban J connectivity index is 1.73. The van der Waals surface area contributed by atoms with Gasteiger partial charge in [0.2, 0.25) is 5.13 Å². The third kappa shape index (κ3) is 5.81. The van der Waals surface area contributed by atoms with Crippen molar-refractivity contribution in [2.75, 3.05) is 11.9 Å². The lowest BCUT2D eigenvalue weighted by molar-refractivity contribution is 0.159. The van der Waals surface area contributed by atoms with E-state index in [1.165, 1.54) is 29.7 Å². The van der Waals surface area contributed by atoms with Gasteiger partial charge in [0.05, 0.1) is 6.61 Å². The lowest BCUT2D eigenvalue weighted by Crippen LogP contribution is -2.14. The van der Waals surface area contributed by atoms with E-state index in [-0.39, 0.29) is 0 Å². The van der Waals surface area contributed by atoms with E-state index in [2.05, 4.69) is 22.4 Å². The zero-order valence-corrected chi connectivity index (χ0v) is 13.6. The van der Waals surface area contributed by atoms with Gasteiger partial charge in [-0.2, -0.15) is 0 Å². The first-order valence-corrected chi connectivity index (χ1v) is 8.39. The molecule has 118 valence electrons. The second-order valence-corrected chi connectivity index (χ2v) is 6.05. The van der Waals surface area contributed by atoms with Gasteiger partial charge in [0, 0.05) is 6.42 Å². The quantitative estimate of drug-likeness (QED) is 0.738. The van der Waals surface area contributed by atoms with Crippen LogP contribution in [0.5, 0.6) is 0 Å². The van der Waals surface area contributed by atoms with Gasteiger partial charge in [0.15, 0.2) is 0 Å². The highest BCUT2D eigenvalue weighted by atomic mass is 32.1. The Kier molecular flexibility index (Phi) is 6.83. The van der Waals surface area contributed by atoms with Crippen LogP contribution >= 0.6 is 11.3 Å². The Morgan fingerprint density at radius 3 is 2.77 bits per heavy atom. The normalized spacial score (nSPS) is 10.4. The minimum atomic E-state index is -0.459. The number of carbonyl (C=O) groups excluding carboxylic acids is 1. The van der Waals surface area contributed by atoms with E-state index < -0.39 is 6.09 Å². The molecule has 0 aliphatic carbocycles. The molecule has 1 aromatic carbocycles. The third-order valence-corrected chi connectivity index (χ3v) is 3.94. The van der Waals surface area contributed by atoms with Crippen molar-refractivity contribution in [2.45, 2.75) is 39.0 Å². The van der Waals surface area contributed by atoms with Gasteiger partial charge in [0.1, 0.15) is 5.01 Å². The van der Waals surface area contributed by atoms with E-state index in [9.17, 15) is 4.79 Å². The molecule has 0 atom stereocenters. The molecule has 0 fully saturated rings. The Morgan fingerprint density at radius 1 is 1.18 bits per heavy atom. The zero-order valence-electron chi connectivity index (χ0n) is 12.7. The number of unbranched alkanes of at least 4 members (excludes halogenated alkanes) is 3. The molecule has 22 heavy (non-hydrogen) atoms. The number of anilines is 1. The molecule has 1 aromatic heterocycles. The van der Waals surface area contributed by atoms with Gasteiger partial charge < -0.3 is 4.74 Å². The minimum absolute atomic E-state index is 0.446. The average molecular weight is 319 g/mol. The molecular weight excluding hydrogens is 298 g/mol. The summed E-state index contributed by atoms with van der Waals surface area (Å²) in [6, 6.07) is 10.0. The summed E-state index contributed by atoms with van der Waals surface area (Å²) in [5, 5.41) is 12.0. The highest BCUT2D eigenvalue weighted by Crippen LogP contribution is 2.18. The molecule has 0 spiro atoms. The van der Waals surface area contributed by atoms with Crippen LogP contribution in [0.3, 0.4) is 0 Å². The van der Waals surface area contributed by atoms with E-state index >= 15 is 0 Å². The Morgan fingerprint density at radius 2 is 2.00 bits per heavy atom. The summed E-state index contributed by atoms with van der Waals surface area (Å²) >= 11 is 1.37. The Hall–Kier alpha value is -1.95. The van der Waals surface area contributed by atoms with Crippen LogP contribution < -0.4 is 5.32 Å². The van der Waals surface area contributed by atoms with Gasteiger partial charge in [-0.05, 0) is 12.0 Å². The molecule has 6 heteroatoms. The number of nitrogens with zero attached hydrogens (tertiary/aromatic N) is 2. The zero-order chi connectivity index (χ0) is 15.6. The molecule has 0 saturated heterocycles. The van der Waals surface area contributed by atoms with Crippen molar-refractivity contribution in [3.8, 4) is 0 Å². The van der Waals surface area contributed by atoms with Gasteiger partial charge in [-0.1, -0.05) is 67.9 Å². The van der Waals surface area contributed by atoms with Crippen molar-refractivity contribution in [2.24, 2.45) is 0 Å². The molecule has 2 aromatic rings. The van der Waals surface area contributed by atoms with Gasteiger partial charge in [-0.15, -0.1) is 10.2 Å². The molecule has 1 amide bonds. The van der Waals surface area contributed by atoms with Crippen LogP contribution in [0.15, 0.2) is 30.3 Å². The number of rotatable bonds is 8. The molecule has 0 unspecified atom stereocenters. The number of ether oxygens (including phenoxy) is 1. The summed E-state index contributed by atoms with van der Waals surface area (Å²) in [7, 11) is 0. The number of hydrogen-bond donors (Lipinski definition) is 1. The van der Waals surface area contributed by atoms with Crippen LogP contribution in [0.1, 0.15) is 43.2 Å². The van der Waals surface area contributed by atoms with Crippen LogP contribution in [0.25, 0.3) is 0 Å². The topological polar surface area (TPSA) is 64.1 Å². The fourth-order valence-electron chi connectivity index (χ4n) is 1.96. The smallest absolute Gasteiger partial charge is 0.413 e. The molecule has 1 N–H and O–H groups in total. The van der Waals surface area contributed by atoms with Crippen molar-refractivity contribution in [3.05, 3.63) is 40.9 Å². The van der Waals surface area contributed by atoms with Crippen LogP contribution in [-0.2, 0) is 11.2 Å². The van der Waals surface area contributed by atoms with Crippen molar-refractivity contribution in [1.82, 2.24) is 10.2 Å². The van der Waals surface area contributed by atoms with Crippen LogP contribution in [0, 0.1) is 0 Å². The van der Waals surface area contributed by atoms with E-state index in [0.717, 1.165) is 17.8 Å². The first-order valence-electron chi connectivity index (χ1n) is 7.58. The lowest BCUT2D eigenvalue weighted by Gasteiger charge is -2.03. The largest absolute Gasteiger partial charge is 0.449 e. The molecule has 0 bridgehead atoms. The van der Waals surface area contributed by atoms with Crippen LogP contribution in [-0.4, -0.2) is 22.9 Å². The first kappa shape index (κ1) is 16.4. The van der Waals surface area contributed by atoms with Crippen molar-refractivity contribution < 1.29 is 9.53 Å². The van der Waals surface area contributed by atoms with E-state index in [4.69, 9.17) is 4.74 Å². The second kappa shape index (κ2) is 9.15. The summed E-state index contributed by atoms with van der Waals surface area (Å²) in [5.74, 6) is 0. The standard InChI is InChI=1S/C16H21N3O2S/c1-2-3-4-8-11-21-16(20)17-15-19-18-14(22-15)12-13-9-6-5-7-10-13/h5-7,9-10H,2-4,8,11-12H2,1H3,(H,17,19,20). The van der Waals surface area contributed by atoms with Crippen molar-refractivity contribution in [3.63, 3.8) is 0 Å². The number of aromatic nitrogens is 2. The number of hydrogen-bond acceptors (Lipinski definition) is 5. The molecule has 0 radical (unpaired) electrons. The highest BCUT2D eigenvalue weighted by Gasteiger charge is 2.09. The summed E-state index contributed by atoms with van der Waals surface area (Å²) in [5.41, 5.74) is 1.17. The number of benzene rings is 1. The number of carbonyl (C=O) groups is 1. The second-order valence-electron chi connectivity index (χ2n) is 4.98. The molecule has 0 aliphatic heterocycles. The monoisotopic (exact) mass is 319 g/mol. The predicted molar refractivity (Wildman–Crippen MR) is 88.3 cm³/mol. The SMILES string of the molecule is CCCCCCOC(=O)Nc1nnc(Cc2ccccc2)s1.